The molecule has 0 aromatic carbocycles. The van der Waals surface area contributed by atoms with Crippen LogP contribution in [0.15, 0.2) is 0 Å². The van der Waals surface area contributed by atoms with Gasteiger partial charge in [-0.15, -0.1) is 0 Å². The van der Waals surface area contributed by atoms with Crippen molar-refractivity contribution in [1.82, 2.24) is 0 Å². The minimum Gasteiger partial charge on any atom is -0.750 e. The van der Waals surface area contributed by atoms with Crippen molar-refractivity contribution >= 4 is 11.4 Å². The lowest BCUT2D eigenvalue weighted by Gasteiger charge is -1.95. The zero-order valence-corrected chi connectivity index (χ0v) is 7.48. The summed E-state index contributed by atoms with van der Waals surface area (Å²) >= 11 is -2.86. The molecule has 0 heterocycles. The van der Waals surface area contributed by atoms with Crippen LogP contribution in [0.3, 0.4) is 0 Å². The van der Waals surface area contributed by atoms with Gasteiger partial charge in [-0.05, 0) is 5.92 Å². The fourth-order valence-corrected chi connectivity index (χ4v) is 0.577. The van der Waals surface area contributed by atoms with E-state index in [0.717, 1.165) is 5.92 Å². The van der Waals surface area contributed by atoms with Crippen molar-refractivity contribution in [1.29, 1.82) is 0 Å². The molecule has 0 aliphatic heterocycles. The Morgan fingerprint density at radius 2 is 1.90 bits per heavy atom. The topological polar surface area (TPSA) is 60.4 Å². The monoisotopic (exact) mass is 167 g/mol. The lowest BCUT2D eigenvalue weighted by Crippen LogP contribution is -1.81. The Bertz CT molecular complexity index is 79.1. The quantitative estimate of drug-likeness (QED) is 0.638. The van der Waals surface area contributed by atoms with Gasteiger partial charge >= 0.3 is 0 Å². The average Bonchev–Trinajstić information content (AvgIpc) is 1.62. The lowest BCUT2D eigenvalue weighted by molar-refractivity contribution is 0.436. The second-order valence-electron chi connectivity index (χ2n) is 2.40. The molecule has 1 N–H and O–H groups in total. The van der Waals surface area contributed by atoms with Crippen LogP contribution in [0.2, 0.25) is 0 Å². The normalized spacial score (nSPS) is 12.2. The van der Waals surface area contributed by atoms with Crippen molar-refractivity contribution in [2.24, 2.45) is 5.92 Å². The molecule has 3 nitrogen and oxygen atoms in total. The molecule has 0 fully saturated rings. The molecule has 0 radical (unpaired) electrons. The highest BCUT2D eigenvalue weighted by molar-refractivity contribution is 7.73. The molecule has 0 aromatic heterocycles. The highest BCUT2D eigenvalue weighted by atomic mass is 32.2. The van der Waals surface area contributed by atoms with Crippen LogP contribution in [0, 0.1) is 5.92 Å². The third kappa shape index (κ3) is 42.8. The third-order valence-electron chi connectivity index (χ3n) is 0.866. The fraction of sp³-hybridized carbons (Fsp3) is 1.00. The molecule has 0 aromatic rings. The molecule has 0 aliphatic rings. The fourth-order valence-electron chi connectivity index (χ4n) is 0.577. The van der Waals surface area contributed by atoms with Gasteiger partial charge in [0.15, 0.2) is 0 Å². The summed E-state index contributed by atoms with van der Waals surface area (Å²) in [6, 6.07) is 0. The van der Waals surface area contributed by atoms with Crippen LogP contribution in [0.5, 0.6) is 0 Å². The summed E-state index contributed by atoms with van der Waals surface area (Å²) < 4.78 is 24.1. The highest BCUT2D eigenvalue weighted by Crippen LogP contribution is 2.00. The average molecular weight is 167 g/mol. The standard InChI is InChI=1S/C6H14.H2O3S/c1-4-5-6(2)3;1-4(2)3/h6H,4-5H2,1-3H3;(H2,1,2,3)/p-1. The van der Waals surface area contributed by atoms with Crippen LogP contribution in [-0.4, -0.2) is 13.3 Å². The Morgan fingerprint density at radius 3 is 1.90 bits per heavy atom. The maximum absolute atomic E-state index is 8.56. The first-order valence-corrected chi connectivity index (χ1v) is 4.32. The molecule has 0 rings (SSSR count). The molecule has 1 unspecified atom stereocenters. The maximum atomic E-state index is 8.56. The first-order valence-electron chi connectivity index (χ1n) is 3.29. The molecular weight excluding hydrogens is 152 g/mol. The van der Waals surface area contributed by atoms with Crippen LogP contribution in [0.25, 0.3) is 0 Å². The predicted octanol–water partition coefficient (Wildman–Crippen LogP) is 1.78. The summed E-state index contributed by atoms with van der Waals surface area (Å²) in [5, 5.41) is 0. The van der Waals surface area contributed by atoms with E-state index in [1.165, 1.54) is 12.8 Å². The predicted molar refractivity (Wildman–Crippen MR) is 41.3 cm³/mol. The van der Waals surface area contributed by atoms with Crippen molar-refractivity contribution in [2.45, 2.75) is 33.6 Å². The molecule has 0 amide bonds. The summed E-state index contributed by atoms with van der Waals surface area (Å²) in [4.78, 5) is 0. The van der Waals surface area contributed by atoms with Crippen LogP contribution in [-0.2, 0) is 11.4 Å². The third-order valence-corrected chi connectivity index (χ3v) is 0.866. The molecule has 0 aliphatic carbocycles. The Labute approximate surface area is 65.0 Å². The zero-order valence-electron chi connectivity index (χ0n) is 6.66. The molecule has 0 saturated heterocycles. The lowest BCUT2D eigenvalue weighted by atomic mass is 10.1. The van der Waals surface area contributed by atoms with Crippen LogP contribution in [0.4, 0.5) is 0 Å². The van der Waals surface area contributed by atoms with Crippen LogP contribution in [0.1, 0.15) is 33.6 Å². The van der Waals surface area contributed by atoms with E-state index >= 15 is 0 Å². The van der Waals surface area contributed by atoms with Gasteiger partial charge in [0.1, 0.15) is 0 Å². The van der Waals surface area contributed by atoms with E-state index in [1.54, 1.807) is 0 Å². The van der Waals surface area contributed by atoms with E-state index in [9.17, 15) is 0 Å². The van der Waals surface area contributed by atoms with Crippen molar-refractivity contribution in [2.75, 3.05) is 0 Å². The molecule has 1 atom stereocenters. The zero-order chi connectivity index (χ0) is 8.57. The van der Waals surface area contributed by atoms with E-state index in [2.05, 4.69) is 20.8 Å². The van der Waals surface area contributed by atoms with Gasteiger partial charge in [0.05, 0.1) is 11.4 Å². The van der Waals surface area contributed by atoms with E-state index in [1.807, 2.05) is 0 Å². The molecule has 0 spiro atoms. The highest BCUT2D eigenvalue weighted by Gasteiger charge is 1.85. The molecule has 10 heavy (non-hydrogen) atoms. The summed E-state index contributed by atoms with van der Waals surface area (Å²) in [6.45, 7) is 6.73. The number of hydrogen-bond acceptors (Lipinski definition) is 2. The van der Waals surface area contributed by atoms with Gasteiger partial charge in [-0.25, -0.2) is 4.21 Å². The second kappa shape index (κ2) is 9.07. The molecule has 0 saturated carbocycles. The second-order valence-corrected chi connectivity index (χ2v) is 2.83. The van der Waals surface area contributed by atoms with E-state index in [0.29, 0.717) is 0 Å². The SMILES string of the molecule is CCCC(C)C.O=S([O-])O. The number of hydrogen-bond donors (Lipinski definition) is 1. The Balaban J connectivity index is 0. The number of rotatable bonds is 2. The van der Waals surface area contributed by atoms with Gasteiger partial charge in [0.25, 0.3) is 0 Å². The Hall–Kier alpha value is 0.0700. The van der Waals surface area contributed by atoms with Crippen LogP contribution >= 0.6 is 0 Å². The van der Waals surface area contributed by atoms with Gasteiger partial charge in [-0.3, -0.25) is 0 Å². The van der Waals surface area contributed by atoms with Crippen LogP contribution < -0.4 is 0 Å². The first-order chi connectivity index (χ1) is 4.50. The molecular formula is C6H15O3S-. The molecule has 0 bridgehead atoms. The summed E-state index contributed by atoms with van der Waals surface area (Å²) in [5.41, 5.74) is 0. The minimum atomic E-state index is -2.86. The van der Waals surface area contributed by atoms with E-state index in [4.69, 9.17) is 13.3 Å². The van der Waals surface area contributed by atoms with Crippen molar-refractivity contribution in [3.63, 3.8) is 0 Å². The smallest absolute Gasteiger partial charge is 0.0814 e. The summed E-state index contributed by atoms with van der Waals surface area (Å²) in [6.07, 6.45) is 2.71. The van der Waals surface area contributed by atoms with E-state index in [-0.39, 0.29) is 0 Å². The molecule has 64 valence electrons. The van der Waals surface area contributed by atoms with E-state index < -0.39 is 11.4 Å². The van der Waals surface area contributed by atoms with Gasteiger partial charge in [-0.1, -0.05) is 33.6 Å². The van der Waals surface area contributed by atoms with Gasteiger partial charge in [0.2, 0.25) is 0 Å². The van der Waals surface area contributed by atoms with Crippen molar-refractivity contribution in [3.05, 3.63) is 0 Å². The van der Waals surface area contributed by atoms with Gasteiger partial charge in [-0.2, -0.15) is 0 Å². The van der Waals surface area contributed by atoms with Gasteiger partial charge < -0.3 is 9.11 Å². The van der Waals surface area contributed by atoms with Crippen molar-refractivity contribution in [3.8, 4) is 0 Å². The first kappa shape index (κ1) is 12.7. The summed E-state index contributed by atoms with van der Waals surface area (Å²) in [7, 11) is 0. The van der Waals surface area contributed by atoms with Crippen molar-refractivity contribution < 1.29 is 13.3 Å². The summed E-state index contributed by atoms with van der Waals surface area (Å²) in [5.74, 6) is 0.898. The molecule has 4 heteroatoms. The maximum Gasteiger partial charge on any atom is 0.0814 e. The largest absolute Gasteiger partial charge is 0.750 e. The van der Waals surface area contributed by atoms with Gasteiger partial charge in [0, 0.05) is 0 Å². The minimum absolute atomic E-state index is 0.898. The Kier molecular flexibility index (Phi) is 11.5. The Morgan fingerprint density at radius 1 is 1.60 bits per heavy atom.